The largest absolute Gasteiger partial charge is 0.444 e. The molecule has 0 aromatic carbocycles. The van der Waals surface area contributed by atoms with Crippen LogP contribution in [0.5, 0.6) is 0 Å². The van der Waals surface area contributed by atoms with Gasteiger partial charge >= 0.3 is 13.6 Å². The number of nitrogens with zero attached hydrogens (tertiary/aromatic N) is 2. The van der Waals surface area contributed by atoms with Crippen molar-refractivity contribution in [3.05, 3.63) is 27.3 Å². The number of hydrogen-bond acceptors (Lipinski definition) is 5. The van der Waals surface area contributed by atoms with Crippen LogP contribution in [0.25, 0.3) is 0 Å². The predicted octanol–water partition coefficient (Wildman–Crippen LogP) is 1.74. The van der Waals surface area contributed by atoms with Gasteiger partial charge in [-0.2, -0.15) is 0 Å². The van der Waals surface area contributed by atoms with Crippen molar-refractivity contribution in [1.82, 2.24) is 0 Å². The van der Waals surface area contributed by atoms with Crippen molar-refractivity contribution in [2.45, 2.75) is 5.78 Å². The number of nitrogens with two attached hydrogens (primary N) is 1. The molecule has 0 aliphatic heterocycles. The standard InChI is InChI=1S/C8H11ClN3O5PS/c9-3-4-12(11-14,8(10)13)7(18(15,16)17)6-2-1-5-19-6/h1-2,5,7H,3-4H2,(H3-,10,13,15,16,17)/p+1. The maximum absolute atomic E-state index is 11.7. The van der Waals surface area contributed by atoms with Crippen LogP contribution in [0.3, 0.4) is 0 Å². The number of rotatable bonds is 6. The average molecular weight is 329 g/mol. The van der Waals surface area contributed by atoms with Crippen LogP contribution < -0.4 is 5.73 Å². The molecule has 8 nitrogen and oxygen atoms in total. The normalized spacial score (nSPS) is 16.6. The van der Waals surface area contributed by atoms with Gasteiger partial charge < -0.3 is 15.5 Å². The fourth-order valence-corrected chi connectivity index (χ4v) is 4.48. The van der Waals surface area contributed by atoms with E-state index in [2.05, 4.69) is 5.29 Å². The number of alkyl halides is 1. The minimum atomic E-state index is -4.86. The van der Waals surface area contributed by atoms with E-state index in [9.17, 15) is 24.1 Å². The van der Waals surface area contributed by atoms with Gasteiger partial charge in [-0.25, -0.2) is 4.79 Å². The van der Waals surface area contributed by atoms with Gasteiger partial charge in [-0.1, -0.05) is 15.6 Å². The molecule has 0 aliphatic carbocycles. The lowest BCUT2D eigenvalue weighted by molar-refractivity contribution is -0.873. The van der Waals surface area contributed by atoms with Crippen molar-refractivity contribution in [2.75, 3.05) is 12.4 Å². The van der Waals surface area contributed by atoms with Crippen molar-refractivity contribution in [2.24, 2.45) is 11.0 Å². The van der Waals surface area contributed by atoms with Gasteiger partial charge in [0.1, 0.15) is 6.54 Å². The van der Waals surface area contributed by atoms with Crippen LogP contribution in [0.2, 0.25) is 0 Å². The van der Waals surface area contributed by atoms with Crippen LogP contribution in [-0.4, -0.2) is 32.8 Å². The zero-order chi connectivity index (χ0) is 14.7. The molecule has 1 aromatic heterocycles. The SMILES string of the molecule is NC(=O)[N+](CCCl)(N=O)C(c1cccs1)P(=O)(O)O. The summed E-state index contributed by atoms with van der Waals surface area (Å²) in [6.45, 7) is -0.409. The number of carbonyl (C=O) groups is 1. The zero-order valence-corrected chi connectivity index (χ0v) is 12.0. The van der Waals surface area contributed by atoms with Crippen LogP contribution >= 0.6 is 30.5 Å². The highest BCUT2D eigenvalue weighted by Gasteiger charge is 2.56. The highest BCUT2D eigenvalue weighted by Crippen LogP contribution is 2.58. The minimum Gasteiger partial charge on any atom is -0.320 e. The summed E-state index contributed by atoms with van der Waals surface area (Å²) in [6, 6.07) is 1.66. The molecule has 0 saturated heterocycles. The van der Waals surface area contributed by atoms with Gasteiger partial charge in [0.2, 0.25) is 0 Å². The first kappa shape index (κ1) is 16.2. The molecule has 0 bridgehead atoms. The molecule has 2 atom stereocenters. The molecule has 2 amide bonds. The lowest BCUT2D eigenvalue weighted by atomic mass is 10.4. The predicted molar refractivity (Wildman–Crippen MR) is 70.3 cm³/mol. The third-order valence-corrected chi connectivity index (χ3v) is 5.04. The smallest absolute Gasteiger partial charge is 0.320 e. The molecule has 19 heavy (non-hydrogen) atoms. The molecule has 0 radical (unpaired) electrons. The van der Waals surface area contributed by atoms with Crippen LogP contribution in [0, 0.1) is 4.91 Å². The van der Waals surface area contributed by atoms with E-state index in [4.69, 9.17) is 17.3 Å². The Labute approximate surface area is 117 Å². The molecular weight excluding hydrogens is 317 g/mol. The first-order valence-corrected chi connectivity index (χ1v) is 8.06. The highest BCUT2D eigenvalue weighted by molar-refractivity contribution is 7.52. The van der Waals surface area contributed by atoms with Crippen LogP contribution in [-0.2, 0) is 4.57 Å². The average Bonchev–Trinajstić information content (AvgIpc) is 2.79. The van der Waals surface area contributed by atoms with Crippen molar-refractivity contribution < 1.29 is 23.7 Å². The Morgan fingerprint density at radius 2 is 2.26 bits per heavy atom. The Balaban J connectivity index is 3.47. The molecule has 1 heterocycles. The second-order valence-electron chi connectivity index (χ2n) is 3.64. The molecule has 1 rings (SSSR count). The Hall–Kier alpha value is -0.830. The summed E-state index contributed by atoms with van der Waals surface area (Å²) >= 11 is 6.48. The molecule has 2 unspecified atom stereocenters. The Morgan fingerprint density at radius 1 is 1.63 bits per heavy atom. The molecule has 0 aliphatic rings. The van der Waals surface area contributed by atoms with Crippen molar-refractivity contribution >= 4 is 36.6 Å². The summed E-state index contributed by atoms with van der Waals surface area (Å²) in [5.74, 6) is -1.99. The van der Waals surface area contributed by atoms with E-state index in [1.807, 2.05) is 0 Å². The molecule has 0 saturated carbocycles. The van der Waals surface area contributed by atoms with E-state index in [1.165, 1.54) is 12.1 Å². The summed E-state index contributed by atoms with van der Waals surface area (Å²) in [7, 11) is -4.86. The zero-order valence-electron chi connectivity index (χ0n) is 9.55. The number of urea groups is 1. The lowest BCUT2D eigenvalue weighted by Gasteiger charge is -2.30. The van der Waals surface area contributed by atoms with Gasteiger partial charge in [0.15, 0.2) is 5.29 Å². The molecule has 4 N–H and O–H groups in total. The fourth-order valence-electron chi connectivity index (χ4n) is 1.67. The van der Waals surface area contributed by atoms with Gasteiger partial charge in [-0.15, -0.1) is 22.9 Å². The number of thiophene rings is 1. The van der Waals surface area contributed by atoms with Gasteiger partial charge in [0, 0.05) is 0 Å². The summed E-state index contributed by atoms with van der Waals surface area (Å²) in [4.78, 5) is 41.6. The number of halogens is 1. The van der Waals surface area contributed by atoms with E-state index in [0.717, 1.165) is 11.3 Å². The first-order chi connectivity index (χ1) is 8.79. The van der Waals surface area contributed by atoms with Gasteiger partial charge in [-0.3, -0.25) is 4.57 Å². The second kappa shape index (κ2) is 6.08. The summed E-state index contributed by atoms with van der Waals surface area (Å²) < 4.78 is 10.2. The summed E-state index contributed by atoms with van der Waals surface area (Å²) in [6.07, 6.45) is 0. The Kier molecular flexibility index (Phi) is 5.19. The van der Waals surface area contributed by atoms with Crippen LogP contribution in [0.4, 0.5) is 4.79 Å². The molecule has 11 heteroatoms. The number of nitroso groups, excluding NO2 is 1. The first-order valence-electron chi connectivity index (χ1n) is 4.97. The van der Waals surface area contributed by atoms with Crippen molar-refractivity contribution in [3.8, 4) is 0 Å². The maximum atomic E-state index is 11.7. The molecule has 0 spiro atoms. The van der Waals surface area contributed by atoms with E-state index in [-0.39, 0.29) is 10.8 Å². The van der Waals surface area contributed by atoms with Crippen LogP contribution in [0.15, 0.2) is 22.8 Å². The minimum absolute atomic E-state index is 0.136. The molecule has 106 valence electrons. The number of primary amides is 1. The van der Waals surface area contributed by atoms with E-state index >= 15 is 0 Å². The quantitative estimate of drug-likeness (QED) is 0.241. The third kappa shape index (κ3) is 3.19. The van der Waals surface area contributed by atoms with E-state index in [0.29, 0.717) is 0 Å². The van der Waals surface area contributed by atoms with Crippen LogP contribution in [0.1, 0.15) is 10.7 Å². The maximum Gasteiger partial charge on any atom is 0.444 e. The van der Waals surface area contributed by atoms with Gasteiger partial charge in [0.05, 0.1) is 10.8 Å². The second-order valence-corrected chi connectivity index (χ2v) is 6.66. The highest BCUT2D eigenvalue weighted by atomic mass is 35.5. The number of carbonyl (C=O) groups excluding carboxylic acids is 1. The van der Waals surface area contributed by atoms with Crippen molar-refractivity contribution in [3.63, 3.8) is 0 Å². The van der Waals surface area contributed by atoms with Gasteiger partial charge in [-0.05, 0) is 11.4 Å². The van der Waals surface area contributed by atoms with Gasteiger partial charge in [0.25, 0.3) is 5.78 Å². The molecule has 0 fully saturated rings. The molecular formula is C8H12ClN3O5PS+. The summed E-state index contributed by atoms with van der Waals surface area (Å²) in [5.41, 5.74) is 5.11. The molecule has 1 aromatic rings. The fraction of sp³-hybridized carbons (Fsp3) is 0.375. The third-order valence-electron chi connectivity index (χ3n) is 2.47. The number of quaternary nitrogens is 1. The Bertz CT molecular complexity index is 506. The monoisotopic (exact) mass is 328 g/mol. The topological polar surface area (TPSA) is 130 Å². The number of hydrogen-bond donors (Lipinski definition) is 3. The Morgan fingerprint density at radius 3 is 2.58 bits per heavy atom. The summed E-state index contributed by atoms with van der Waals surface area (Å²) in [5, 5.41) is 4.13. The number of amides is 2. The van der Waals surface area contributed by atoms with Crippen molar-refractivity contribution in [1.29, 1.82) is 0 Å². The van der Waals surface area contributed by atoms with E-state index < -0.39 is 30.5 Å². The lowest BCUT2D eigenvalue weighted by Crippen LogP contribution is -2.54. The van der Waals surface area contributed by atoms with E-state index in [1.54, 1.807) is 5.38 Å².